The highest BCUT2D eigenvalue weighted by molar-refractivity contribution is 5.55. The Hall–Kier alpha value is -3.20. The van der Waals surface area contributed by atoms with E-state index in [-0.39, 0.29) is 52.4 Å². The second-order valence-corrected chi connectivity index (χ2v) is 12.7. The molecular formula is C33H44O17. The molecule has 4 fully saturated rings. The molecule has 2 aromatic carbocycles. The molecule has 0 unspecified atom stereocenters. The van der Waals surface area contributed by atoms with Crippen molar-refractivity contribution in [3.63, 3.8) is 0 Å². The smallest absolute Gasteiger partial charge is 0.230 e. The monoisotopic (exact) mass is 712 g/mol. The number of benzene rings is 2. The number of hydrogen-bond donors (Lipinski definition) is 7. The summed E-state index contributed by atoms with van der Waals surface area (Å²) in [6.45, 7) is -1.24. The molecule has 4 aliphatic rings. The molecule has 50 heavy (non-hydrogen) atoms. The van der Waals surface area contributed by atoms with Crippen LogP contribution in [-0.4, -0.2) is 146 Å². The summed E-state index contributed by atoms with van der Waals surface area (Å²) in [6, 6.07) is 6.82. The summed E-state index contributed by atoms with van der Waals surface area (Å²) in [4.78, 5) is 0. The zero-order chi connectivity index (χ0) is 35.9. The normalized spacial score (nSPS) is 36.6. The van der Waals surface area contributed by atoms with E-state index in [9.17, 15) is 35.7 Å². The maximum atomic E-state index is 11.0. The van der Waals surface area contributed by atoms with Crippen molar-refractivity contribution in [1.82, 2.24) is 0 Å². The molecule has 0 amide bonds. The standard InChI is InChI=1S/C33H44O17/c1-41-18-5-14(6-19(42-2)23(18)36)26-16-10-46-27(17(16)11-45-26)15-7-20(43-3)28(21(8-15)44-4)49-31-29(25(38)24(37)22(9-34)48-31)50-32-30(39)33(40,12-35)13-47-32/h5-8,16-17,22,24-27,29-32,34-40H,9-13H2,1-4H3/t16-,17-,22+,24-,25+,26+,27-,29+,30-,31+,32-,33+/m0/s1. The molecule has 7 N–H and O–H groups in total. The van der Waals surface area contributed by atoms with E-state index in [0.29, 0.717) is 18.8 Å². The van der Waals surface area contributed by atoms with Gasteiger partial charge in [-0.2, -0.15) is 0 Å². The van der Waals surface area contributed by atoms with Gasteiger partial charge in [-0.25, -0.2) is 0 Å². The van der Waals surface area contributed by atoms with Crippen LogP contribution >= 0.6 is 0 Å². The van der Waals surface area contributed by atoms with Gasteiger partial charge in [0.25, 0.3) is 0 Å². The van der Waals surface area contributed by atoms with Gasteiger partial charge in [0.1, 0.15) is 30.0 Å². The lowest BCUT2D eigenvalue weighted by atomic mass is 9.84. The number of aliphatic hydroxyl groups is 6. The first-order chi connectivity index (χ1) is 24.0. The fourth-order valence-corrected chi connectivity index (χ4v) is 6.97. The fourth-order valence-electron chi connectivity index (χ4n) is 6.97. The molecule has 12 atom stereocenters. The van der Waals surface area contributed by atoms with Crippen molar-refractivity contribution < 1.29 is 83.1 Å². The molecule has 17 nitrogen and oxygen atoms in total. The molecule has 4 heterocycles. The molecule has 278 valence electrons. The molecule has 4 aliphatic heterocycles. The van der Waals surface area contributed by atoms with Crippen molar-refractivity contribution in [1.29, 1.82) is 0 Å². The lowest BCUT2D eigenvalue weighted by molar-refractivity contribution is -0.319. The van der Waals surface area contributed by atoms with Gasteiger partial charge in [0.2, 0.25) is 17.8 Å². The third kappa shape index (κ3) is 6.41. The summed E-state index contributed by atoms with van der Waals surface area (Å²) in [5.41, 5.74) is -0.567. The van der Waals surface area contributed by atoms with Gasteiger partial charge >= 0.3 is 0 Å². The van der Waals surface area contributed by atoms with E-state index in [1.807, 2.05) is 0 Å². The number of aliphatic hydroxyl groups excluding tert-OH is 5. The minimum Gasteiger partial charge on any atom is -0.502 e. The van der Waals surface area contributed by atoms with Gasteiger partial charge in [0.05, 0.1) is 73.7 Å². The number of methoxy groups -OCH3 is 4. The number of fused-ring (bicyclic) bond motifs is 1. The fraction of sp³-hybridized carbons (Fsp3) is 0.636. The number of ether oxygens (including phenoxy) is 10. The van der Waals surface area contributed by atoms with Crippen LogP contribution < -0.4 is 23.7 Å². The van der Waals surface area contributed by atoms with Crippen LogP contribution in [-0.2, 0) is 23.7 Å². The molecule has 0 radical (unpaired) electrons. The molecule has 0 bridgehead atoms. The molecule has 0 aromatic heterocycles. The Morgan fingerprint density at radius 3 is 1.72 bits per heavy atom. The highest BCUT2D eigenvalue weighted by atomic mass is 16.8. The van der Waals surface area contributed by atoms with Crippen LogP contribution in [0.25, 0.3) is 0 Å². The largest absolute Gasteiger partial charge is 0.502 e. The van der Waals surface area contributed by atoms with E-state index in [4.69, 9.17) is 47.4 Å². The summed E-state index contributed by atoms with van der Waals surface area (Å²) >= 11 is 0. The third-order valence-corrected chi connectivity index (χ3v) is 9.84. The summed E-state index contributed by atoms with van der Waals surface area (Å²) < 4.78 is 57.7. The predicted octanol–water partition coefficient (Wildman–Crippen LogP) is -0.855. The molecule has 4 saturated heterocycles. The van der Waals surface area contributed by atoms with Crippen molar-refractivity contribution in [3.05, 3.63) is 35.4 Å². The summed E-state index contributed by atoms with van der Waals surface area (Å²) in [6.07, 6.45) is -11.8. The lowest BCUT2D eigenvalue weighted by Crippen LogP contribution is -2.62. The molecule has 0 saturated carbocycles. The van der Waals surface area contributed by atoms with Crippen molar-refractivity contribution in [2.45, 2.75) is 60.9 Å². The zero-order valence-electron chi connectivity index (χ0n) is 27.9. The highest BCUT2D eigenvalue weighted by Gasteiger charge is 2.54. The van der Waals surface area contributed by atoms with E-state index in [1.54, 1.807) is 24.3 Å². The first-order valence-corrected chi connectivity index (χ1v) is 16.0. The van der Waals surface area contributed by atoms with E-state index >= 15 is 0 Å². The van der Waals surface area contributed by atoms with E-state index in [1.165, 1.54) is 28.4 Å². The minimum atomic E-state index is -2.02. The minimum absolute atomic E-state index is 0.0239. The highest BCUT2D eigenvalue weighted by Crippen LogP contribution is 2.54. The Morgan fingerprint density at radius 2 is 1.26 bits per heavy atom. The van der Waals surface area contributed by atoms with Gasteiger partial charge in [0.15, 0.2) is 35.4 Å². The van der Waals surface area contributed by atoms with E-state index < -0.39 is 74.6 Å². The Morgan fingerprint density at radius 1 is 0.740 bits per heavy atom. The maximum absolute atomic E-state index is 11.0. The number of hydrogen-bond acceptors (Lipinski definition) is 17. The Bertz CT molecular complexity index is 1440. The number of rotatable bonds is 12. The Kier molecular flexibility index (Phi) is 10.8. The van der Waals surface area contributed by atoms with Gasteiger partial charge in [-0.15, -0.1) is 0 Å². The van der Waals surface area contributed by atoms with Crippen LogP contribution in [0.4, 0.5) is 0 Å². The average Bonchev–Trinajstić information content (AvgIpc) is 3.82. The van der Waals surface area contributed by atoms with E-state index in [0.717, 1.165) is 5.56 Å². The predicted molar refractivity (Wildman–Crippen MR) is 166 cm³/mol. The SMILES string of the molecule is COc1cc([C@H]2OC[C@H]3[C@@H]2CO[C@H]3c2cc(OC)c(O[C@H]3O[C@H](CO)[C@H](O)[C@@H](O)[C@H]3O[C@@H]3OC[C@](O)(CO)[C@H]3O)c(OC)c2)cc(OC)c1O. The summed E-state index contributed by atoms with van der Waals surface area (Å²) in [5.74, 6) is 0.665. The Balaban J connectivity index is 1.26. The van der Waals surface area contributed by atoms with Gasteiger partial charge < -0.3 is 83.1 Å². The Labute approximate surface area is 287 Å². The van der Waals surface area contributed by atoms with Gasteiger partial charge in [0, 0.05) is 11.8 Å². The molecule has 6 rings (SSSR count). The first kappa shape index (κ1) is 36.6. The lowest BCUT2D eigenvalue weighted by Gasteiger charge is -2.42. The van der Waals surface area contributed by atoms with Crippen molar-refractivity contribution >= 4 is 0 Å². The number of phenolic OH excluding ortho intramolecular Hbond substituents is 1. The molecule has 0 aliphatic carbocycles. The molecule has 2 aromatic rings. The first-order valence-electron chi connectivity index (χ1n) is 16.0. The molecule has 0 spiro atoms. The van der Waals surface area contributed by atoms with Gasteiger partial charge in [-0.05, 0) is 35.4 Å². The van der Waals surface area contributed by atoms with Crippen LogP contribution in [0.2, 0.25) is 0 Å². The van der Waals surface area contributed by atoms with Crippen LogP contribution in [0.5, 0.6) is 34.5 Å². The zero-order valence-corrected chi connectivity index (χ0v) is 27.9. The molecule has 17 heteroatoms. The van der Waals surface area contributed by atoms with Gasteiger partial charge in [-0.1, -0.05) is 0 Å². The number of phenols is 1. The average molecular weight is 713 g/mol. The quantitative estimate of drug-likeness (QED) is 0.142. The summed E-state index contributed by atoms with van der Waals surface area (Å²) in [5, 5.41) is 72.4. The van der Waals surface area contributed by atoms with E-state index in [2.05, 4.69) is 0 Å². The second-order valence-electron chi connectivity index (χ2n) is 12.7. The van der Waals surface area contributed by atoms with Crippen molar-refractivity contribution in [2.24, 2.45) is 11.8 Å². The van der Waals surface area contributed by atoms with Crippen LogP contribution in [0.3, 0.4) is 0 Å². The van der Waals surface area contributed by atoms with Crippen molar-refractivity contribution in [2.75, 3.05) is 61.5 Å². The van der Waals surface area contributed by atoms with Crippen LogP contribution in [0, 0.1) is 11.8 Å². The van der Waals surface area contributed by atoms with Crippen LogP contribution in [0.1, 0.15) is 23.3 Å². The topological polar surface area (TPSA) is 234 Å². The van der Waals surface area contributed by atoms with Crippen LogP contribution in [0.15, 0.2) is 24.3 Å². The maximum Gasteiger partial charge on any atom is 0.230 e. The van der Waals surface area contributed by atoms with Gasteiger partial charge in [-0.3, -0.25) is 0 Å². The summed E-state index contributed by atoms with van der Waals surface area (Å²) in [7, 11) is 5.73. The number of aromatic hydroxyl groups is 1. The second kappa shape index (κ2) is 14.8. The third-order valence-electron chi connectivity index (χ3n) is 9.84. The van der Waals surface area contributed by atoms with Crippen molar-refractivity contribution in [3.8, 4) is 34.5 Å². The molecular weight excluding hydrogens is 668 g/mol.